The van der Waals surface area contributed by atoms with Gasteiger partial charge in [-0.2, -0.15) is 0 Å². The third-order valence-corrected chi connectivity index (χ3v) is 3.82. The lowest BCUT2D eigenvalue weighted by Gasteiger charge is -2.08. The van der Waals surface area contributed by atoms with E-state index in [-0.39, 0.29) is 11.6 Å². The van der Waals surface area contributed by atoms with E-state index in [4.69, 9.17) is 16.1 Å². The topological polar surface area (TPSA) is 92.9 Å². The van der Waals surface area contributed by atoms with Crippen LogP contribution in [0.25, 0.3) is 0 Å². The lowest BCUT2D eigenvalue weighted by Crippen LogP contribution is -2.27. The summed E-state index contributed by atoms with van der Waals surface area (Å²) >= 11 is 5.86. The number of nitrogens with one attached hydrogen (secondary N) is 2. The van der Waals surface area contributed by atoms with Crippen LogP contribution >= 0.6 is 11.6 Å². The molecule has 0 aliphatic rings. The van der Waals surface area contributed by atoms with Gasteiger partial charge in [-0.3, -0.25) is 4.79 Å². The summed E-state index contributed by atoms with van der Waals surface area (Å²) in [4.78, 5) is 20.9. The Hall–Kier alpha value is -2.93. The Morgan fingerprint density at radius 3 is 2.62 bits per heavy atom. The number of hydrogen-bond donors (Lipinski definition) is 2. The van der Waals surface area contributed by atoms with E-state index >= 15 is 0 Å². The van der Waals surface area contributed by atoms with Crippen molar-refractivity contribution in [3.8, 4) is 0 Å². The van der Waals surface area contributed by atoms with Gasteiger partial charge in [0.25, 0.3) is 5.91 Å². The molecule has 8 heteroatoms. The zero-order valence-electron chi connectivity index (χ0n) is 14.4. The highest BCUT2D eigenvalue weighted by molar-refractivity contribution is 6.30. The lowest BCUT2D eigenvalue weighted by molar-refractivity contribution is 0.0949. The molecule has 2 aromatic heterocycles. The lowest BCUT2D eigenvalue weighted by atomic mass is 10.1. The van der Waals surface area contributed by atoms with E-state index in [9.17, 15) is 4.79 Å². The number of halogens is 1. The second-order valence-electron chi connectivity index (χ2n) is 5.80. The van der Waals surface area contributed by atoms with Gasteiger partial charge in [-0.05, 0) is 44.0 Å². The molecule has 0 bridgehead atoms. The highest BCUT2D eigenvalue weighted by atomic mass is 35.5. The zero-order chi connectivity index (χ0) is 18.5. The van der Waals surface area contributed by atoms with Crippen molar-refractivity contribution < 1.29 is 9.32 Å². The van der Waals surface area contributed by atoms with E-state index in [1.54, 1.807) is 26.0 Å². The van der Waals surface area contributed by atoms with Gasteiger partial charge in [0.1, 0.15) is 11.5 Å². The Kier molecular flexibility index (Phi) is 5.48. The summed E-state index contributed by atoms with van der Waals surface area (Å²) in [7, 11) is 0. The molecule has 2 heterocycles. The second kappa shape index (κ2) is 7.97. The van der Waals surface area contributed by atoms with Gasteiger partial charge in [0.2, 0.25) is 5.95 Å². The molecule has 7 nitrogen and oxygen atoms in total. The first-order chi connectivity index (χ1) is 12.5. The summed E-state index contributed by atoms with van der Waals surface area (Å²) in [5, 5.41) is 10.3. The van der Waals surface area contributed by atoms with E-state index in [0.717, 1.165) is 5.56 Å². The predicted octanol–water partition coefficient (Wildman–Crippen LogP) is 3.45. The molecule has 134 valence electrons. The second-order valence-corrected chi connectivity index (χ2v) is 6.23. The SMILES string of the molecule is Cc1cc(C(=O)NCCc2ccc(Cl)cc2)nc(Nc2cc(C)on2)n1. The monoisotopic (exact) mass is 371 g/mol. The van der Waals surface area contributed by atoms with E-state index < -0.39 is 0 Å². The van der Waals surface area contributed by atoms with Gasteiger partial charge in [-0.15, -0.1) is 0 Å². The summed E-state index contributed by atoms with van der Waals surface area (Å²) in [6, 6.07) is 10.9. The van der Waals surface area contributed by atoms with Crippen LogP contribution in [0.1, 0.15) is 27.5 Å². The Morgan fingerprint density at radius 1 is 1.15 bits per heavy atom. The Balaban J connectivity index is 1.62. The number of rotatable bonds is 6. The number of aryl methyl sites for hydroxylation is 2. The van der Waals surface area contributed by atoms with Gasteiger partial charge in [-0.25, -0.2) is 9.97 Å². The van der Waals surface area contributed by atoms with Crippen molar-refractivity contribution in [2.75, 3.05) is 11.9 Å². The highest BCUT2D eigenvalue weighted by Gasteiger charge is 2.11. The first-order valence-corrected chi connectivity index (χ1v) is 8.46. The molecule has 1 aromatic carbocycles. The maximum atomic E-state index is 12.4. The number of hydrogen-bond acceptors (Lipinski definition) is 6. The molecule has 3 aromatic rings. The van der Waals surface area contributed by atoms with Crippen LogP contribution in [0.3, 0.4) is 0 Å². The number of amides is 1. The van der Waals surface area contributed by atoms with E-state index in [2.05, 4.69) is 25.8 Å². The minimum Gasteiger partial charge on any atom is -0.360 e. The van der Waals surface area contributed by atoms with Crippen LogP contribution < -0.4 is 10.6 Å². The Bertz CT molecular complexity index is 908. The molecule has 0 saturated heterocycles. The molecule has 2 N–H and O–H groups in total. The fraction of sp³-hybridized carbons (Fsp3) is 0.222. The van der Waals surface area contributed by atoms with Gasteiger partial charge in [0.15, 0.2) is 5.82 Å². The van der Waals surface area contributed by atoms with Gasteiger partial charge in [0, 0.05) is 23.3 Å². The molecule has 0 unspecified atom stereocenters. The molecule has 0 radical (unpaired) electrons. The summed E-state index contributed by atoms with van der Waals surface area (Å²) in [6.45, 7) is 4.08. The minimum absolute atomic E-state index is 0.260. The largest absolute Gasteiger partial charge is 0.360 e. The summed E-state index contributed by atoms with van der Waals surface area (Å²) in [5.41, 5.74) is 2.05. The summed E-state index contributed by atoms with van der Waals surface area (Å²) < 4.78 is 4.99. The van der Waals surface area contributed by atoms with Gasteiger partial charge in [0.05, 0.1) is 0 Å². The molecule has 0 spiro atoms. The van der Waals surface area contributed by atoms with Crippen molar-refractivity contribution in [3.63, 3.8) is 0 Å². The quantitative estimate of drug-likeness (QED) is 0.689. The van der Waals surface area contributed by atoms with E-state index in [1.165, 1.54) is 0 Å². The molecular weight excluding hydrogens is 354 g/mol. The van der Waals surface area contributed by atoms with Crippen LogP contribution in [-0.2, 0) is 6.42 Å². The summed E-state index contributed by atoms with van der Waals surface area (Å²) in [6.07, 6.45) is 0.705. The molecule has 0 aliphatic heterocycles. The van der Waals surface area contributed by atoms with Crippen LogP contribution in [0, 0.1) is 13.8 Å². The van der Waals surface area contributed by atoms with E-state index in [1.807, 2.05) is 24.3 Å². The predicted molar refractivity (Wildman–Crippen MR) is 98.8 cm³/mol. The van der Waals surface area contributed by atoms with Crippen LogP contribution in [0.2, 0.25) is 5.02 Å². The molecule has 26 heavy (non-hydrogen) atoms. The Morgan fingerprint density at radius 2 is 1.92 bits per heavy atom. The van der Waals surface area contributed by atoms with Crippen LogP contribution in [0.4, 0.5) is 11.8 Å². The maximum absolute atomic E-state index is 12.4. The Labute approximate surface area is 155 Å². The van der Waals surface area contributed by atoms with Crippen molar-refractivity contribution >= 4 is 29.3 Å². The van der Waals surface area contributed by atoms with Gasteiger partial charge in [-0.1, -0.05) is 28.9 Å². The number of nitrogens with zero attached hydrogens (tertiary/aromatic N) is 3. The average molecular weight is 372 g/mol. The number of anilines is 2. The first kappa shape index (κ1) is 17.9. The zero-order valence-corrected chi connectivity index (χ0v) is 15.2. The van der Waals surface area contributed by atoms with Crippen molar-refractivity contribution in [3.05, 3.63) is 64.1 Å². The molecular formula is C18H18ClN5O2. The number of carbonyl (C=O) groups excluding carboxylic acids is 1. The van der Waals surface area contributed by atoms with Gasteiger partial charge < -0.3 is 15.2 Å². The third kappa shape index (κ3) is 4.80. The fourth-order valence-corrected chi connectivity index (χ4v) is 2.47. The third-order valence-electron chi connectivity index (χ3n) is 3.57. The molecule has 1 amide bonds. The summed E-state index contributed by atoms with van der Waals surface area (Å²) in [5.74, 6) is 1.19. The van der Waals surface area contributed by atoms with Crippen molar-refractivity contribution in [1.29, 1.82) is 0 Å². The minimum atomic E-state index is -0.260. The molecule has 0 aliphatic carbocycles. The van der Waals surface area contributed by atoms with Gasteiger partial charge >= 0.3 is 0 Å². The highest BCUT2D eigenvalue weighted by Crippen LogP contribution is 2.14. The molecule has 3 rings (SSSR count). The van der Waals surface area contributed by atoms with Crippen molar-refractivity contribution in [1.82, 2.24) is 20.4 Å². The molecule has 0 atom stereocenters. The molecule has 0 saturated carbocycles. The van der Waals surface area contributed by atoms with Crippen LogP contribution in [-0.4, -0.2) is 27.6 Å². The average Bonchev–Trinajstić information content (AvgIpc) is 3.01. The standard InChI is InChI=1S/C18H18ClN5O2/c1-11-9-15(22-18(21-11)23-16-10-12(2)26-24-16)17(25)20-8-7-13-3-5-14(19)6-4-13/h3-6,9-10H,7-8H2,1-2H3,(H,20,25)(H,21,22,23,24). The smallest absolute Gasteiger partial charge is 0.270 e. The number of carbonyl (C=O) groups is 1. The van der Waals surface area contributed by atoms with Crippen molar-refractivity contribution in [2.45, 2.75) is 20.3 Å². The van der Waals surface area contributed by atoms with Crippen LogP contribution in [0.15, 0.2) is 40.9 Å². The number of benzene rings is 1. The van der Waals surface area contributed by atoms with E-state index in [0.29, 0.717) is 41.2 Å². The first-order valence-electron chi connectivity index (χ1n) is 8.08. The normalized spacial score (nSPS) is 10.6. The van der Waals surface area contributed by atoms with Crippen LogP contribution in [0.5, 0.6) is 0 Å². The molecule has 0 fully saturated rings. The number of aromatic nitrogens is 3. The van der Waals surface area contributed by atoms with Crippen molar-refractivity contribution in [2.24, 2.45) is 0 Å². The maximum Gasteiger partial charge on any atom is 0.270 e. The fourth-order valence-electron chi connectivity index (χ4n) is 2.34.